The Morgan fingerprint density at radius 2 is 1.61 bits per heavy atom. The van der Waals surface area contributed by atoms with Gasteiger partial charge in [-0.25, -0.2) is 12.8 Å². The van der Waals surface area contributed by atoms with Crippen LogP contribution < -0.4 is 0 Å². The molecule has 1 heterocycles. The third-order valence-electron chi connectivity index (χ3n) is 4.78. The molecule has 3 rings (SSSR count). The van der Waals surface area contributed by atoms with E-state index < -0.39 is 10.0 Å². The van der Waals surface area contributed by atoms with E-state index in [0.717, 1.165) is 0 Å². The normalized spacial score (nSPS) is 15.8. The Bertz CT molecular complexity index is 913. The van der Waals surface area contributed by atoms with Gasteiger partial charge in [0.1, 0.15) is 5.82 Å². The maximum atomic E-state index is 13.8. The van der Waals surface area contributed by atoms with Crippen molar-refractivity contribution in [2.75, 3.05) is 39.8 Å². The van der Waals surface area contributed by atoms with Crippen LogP contribution in [0.5, 0.6) is 0 Å². The molecule has 1 fully saturated rings. The molecule has 0 bridgehead atoms. The van der Waals surface area contributed by atoms with E-state index in [4.69, 9.17) is 0 Å². The first-order valence-electron chi connectivity index (χ1n) is 9.13. The lowest BCUT2D eigenvalue weighted by atomic mass is 10.2. The highest BCUT2D eigenvalue weighted by Gasteiger charge is 2.30. The van der Waals surface area contributed by atoms with Gasteiger partial charge in [0.15, 0.2) is 0 Å². The van der Waals surface area contributed by atoms with E-state index >= 15 is 0 Å². The van der Waals surface area contributed by atoms with Crippen molar-refractivity contribution in [1.82, 2.24) is 14.1 Å². The van der Waals surface area contributed by atoms with Gasteiger partial charge >= 0.3 is 0 Å². The lowest BCUT2D eigenvalue weighted by molar-refractivity contribution is -0.133. The maximum absolute atomic E-state index is 13.8. The molecule has 0 saturated carbocycles. The highest BCUT2D eigenvalue weighted by Crippen LogP contribution is 2.17. The molecule has 0 radical (unpaired) electrons. The van der Waals surface area contributed by atoms with Crippen molar-refractivity contribution in [2.45, 2.75) is 11.4 Å². The average molecular weight is 405 g/mol. The number of carbonyl (C=O) groups excluding carboxylic acids is 1. The van der Waals surface area contributed by atoms with E-state index in [2.05, 4.69) is 0 Å². The summed E-state index contributed by atoms with van der Waals surface area (Å²) >= 11 is 0. The summed E-state index contributed by atoms with van der Waals surface area (Å²) in [4.78, 5) is 16.2. The Morgan fingerprint density at radius 3 is 2.25 bits per heavy atom. The van der Waals surface area contributed by atoms with Crippen molar-refractivity contribution in [2.24, 2.45) is 0 Å². The van der Waals surface area contributed by atoms with Gasteiger partial charge in [-0.3, -0.25) is 9.69 Å². The Hall–Kier alpha value is -2.29. The standard InChI is InChI=1S/C20H24FN3O3S/c1-22(15-17-7-5-6-10-19(17)21)16-20(25)23-11-13-24(14-12-23)28(26,27)18-8-3-2-4-9-18/h2-10H,11-16H2,1H3. The fraction of sp³-hybridized carbons (Fsp3) is 0.350. The Morgan fingerprint density at radius 1 is 1.00 bits per heavy atom. The predicted octanol–water partition coefficient (Wildman–Crippen LogP) is 1.79. The van der Waals surface area contributed by atoms with Crippen LogP contribution in [0.25, 0.3) is 0 Å². The number of benzene rings is 2. The van der Waals surface area contributed by atoms with Gasteiger partial charge in [-0.05, 0) is 25.2 Å². The molecule has 1 saturated heterocycles. The van der Waals surface area contributed by atoms with Gasteiger partial charge in [0, 0.05) is 38.3 Å². The summed E-state index contributed by atoms with van der Waals surface area (Å²) < 4.78 is 40.5. The molecule has 0 aliphatic carbocycles. The summed E-state index contributed by atoms with van der Waals surface area (Å²) in [6.45, 7) is 1.71. The number of hydrogen-bond acceptors (Lipinski definition) is 4. The van der Waals surface area contributed by atoms with E-state index in [-0.39, 0.29) is 36.3 Å². The van der Waals surface area contributed by atoms with Gasteiger partial charge < -0.3 is 4.90 Å². The predicted molar refractivity (Wildman–Crippen MR) is 105 cm³/mol. The molecule has 8 heteroatoms. The second kappa shape index (κ2) is 8.81. The van der Waals surface area contributed by atoms with Crippen molar-refractivity contribution in [3.63, 3.8) is 0 Å². The minimum absolute atomic E-state index is 0.0874. The first-order valence-corrected chi connectivity index (χ1v) is 10.6. The molecule has 1 amide bonds. The van der Waals surface area contributed by atoms with Crippen LogP contribution in [0.4, 0.5) is 4.39 Å². The molecule has 0 aromatic heterocycles. The first-order chi connectivity index (χ1) is 13.4. The largest absolute Gasteiger partial charge is 0.339 e. The van der Waals surface area contributed by atoms with Crippen LogP contribution in [-0.2, 0) is 21.4 Å². The van der Waals surface area contributed by atoms with Gasteiger partial charge in [-0.1, -0.05) is 36.4 Å². The molecular formula is C20H24FN3O3S. The quantitative estimate of drug-likeness (QED) is 0.735. The van der Waals surface area contributed by atoms with Crippen LogP contribution in [0.3, 0.4) is 0 Å². The number of halogens is 1. The minimum Gasteiger partial charge on any atom is -0.339 e. The average Bonchev–Trinajstić information content (AvgIpc) is 2.70. The fourth-order valence-corrected chi connectivity index (χ4v) is 4.67. The maximum Gasteiger partial charge on any atom is 0.243 e. The van der Waals surface area contributed by atoms with Gasteiger partial charge in [-0.2, -0.15) is 4.31 Å². The first kappa shape index (κ1) is 20.4. The third kappa shape index (κ3) is 4.76. The number of piperazine rings is 1. The van der Waals surface area contributed by atoms with Crippen LogP contribution in [0.1, 0.15) is 5.56 Å². The second-order valence-corrected chi connectivity index (χ2v) is 8.80. The summed E-state index contributed by atoms with van der Waals surface area (Å²) in [5.74, 6) is -0.378. The fourth-order valence-electron chi connectivity index (χ4n) is 3.22. The number of amides is 1. The highest BCUT2D eigenvalue weighted by molar-refractivity contribution is 7.89. The van der Waals surface area contributed by atoms with Crippen molar-refractivity contribution >= 4 is 15.9 Å². The van der Waals surface area contributed by atoms with E-state index in [9.17, 15) is 17.6 Å². The van der Waals surface area contributed by atoms with Crippen molar-refractivity contribution in [1.29, 1.82) is 0 Å². The van der Waals surface area contributed by atoms with Gasteiger partial charge in [0.05, 0.1) is 11.4 Å². The molecular weight excluding hydrogens is 381 g/mol. The van der Waals surface area contributed by atoms with E-state index in [1.807, 2.05) is 0 Å². The summed E-state index contributed by atoms with van der Waals surface area (Å²) in [5, 5.41) is 0. The Labute approximate surface area is 165 Å². The number of hydrogen-bond donors (Lipinski definition) is 0. The molecule has 2 aromatic rings. The lowest BCUT2D eigenvalue weighted by Crippen LogP contribution is -2.52. The monoisotopic (exact) mass is 405 g/mol. The van der Waals surface area contributed by atoms with Crippen LogP contribution >= 0.6 is 0 Å². The SMILES string of the molecule is CN(CC(=O)N1CCN(S(=O)(=O)c2ccccc2)CC1)Cc1ccccc1F. The molecule has 2 aromatic carbocycles. The van der Waals surface area contributed by atoms with Crippen LogP contribution in [-0.4, -0.2) is 68.2 Å². The van der Waals surface area contributed by atoms with Gasteiger partial charge in [-0.15, -0.1) is 0 Å². The molecule has 0 atom stereocenters. The topological polar surface area (TPSA) is 60.9 Å². The van der Waals surface area contributed by atoms with Crippen molar-refractivity contribution in [3.05, 3.63) is 66.0 Å². The molecule has 1 aliphatic heterocycles. The summed E-state index contributed by atoms with van der Waals surface area (Å²) in [6.07, 6.45) is 0. The van der Waals surface area contributed by atoms with Crippen LogP contribution in [0.2, 0.25) is 0 Å². The van der Waals surface area contributed by atoms with Gasteiger partial charge in [0.25, 0.3) is 0 Å². The molecule has 28 heavy (non-hydrogen) atoms. The number of carbonyl (C=O) groups is 1. The Balaban J connectivity index is 1.53. The van der Waals surface area contributed by atoms with Crippen LogP contribution in [0, 0.1) is 5.82 Å². The molecule has 150 valence electrons. The highest BCUT2D eigenvalue weighted by atomic mass is 32.2. The molecule has 0 N–H and O–H groups in total. The zero-order chi connectivity index (χ0) is 20.1. The lowest BCUT2D eigenvalue weighted by Gasteiger charge is -2.34. The minimum atomic E-state index is -3.54. The second-order valence-electron chi connectivity index (χ2n) is 6.86. The number of nitrogens with zero attached hydrogens (tertiary/aromatic N) is 3. The van der Waals surface area contributed by atoms with E-state index in [0.29, 0.717) is 25.2 Å². The molecule has 0 spiro atoms. The zero-order valence-electron chi connectivity index (χ0n) is 15.8. The third-order valence-corrected chi connectivity index (χ3v) is 6.69. The summed E-state index contributed by atoms with van der Waals surface area (Å²) in [7, 11) is -1.77. The molecule has 6 nitrogen and oxygen atoms in total. The van der Waals surface area contributed by atoms with E-state index in [1.54, 1.807) is 65.4 Å². The number of rotatable bonds is 6. The van der Waals surface area contributed by atoms with Crippen LogP contribution in [0.15, 0.2) is 59.5 Å². The Kier molecular flexibility index (Phi) is 6.43. The number of likely N-dealkylation sites (N-methyl/N-ethyl adjacent to an activating group) is 1. The smallest absolute Gasteiger partial charge is 0.243 e. The zero-order valence-corrected chi connectivity index (χ0v) is 16.6. The number of sulfonamides is 1. The van der Waals surface area contributed by atoms with Crippen molar-refractivity contribution in [3.8, 4) is 0 Å². The van der Waals surface area contributed by atoms with E-state index in [1.165, 1.54) is 10.4 Å². The van der Waals surface area contributed by atoms with Crippen molar-refractivity contribution < 1.29 is 17.6 Å². The summed E-state index contributed by atoms with van der Waals surface area (Å²) in [6, 6.07) is 14.8. The van der Waals surface area contributed by atoms with Gasteiger partial charge in [0.2, 0.25) is 15.9 Å². The summed E-state index contributed by atoms with van der Waals surface area (Å²) in [5.41, 5.74) is 0.538. The molecule has 0 unspecified atom stereocenters. The molecule has 1 aliphatic rings.